The van der Waals surface area contributed by atoms with E-state index in [4.69, 9.17) is 0 Å². The Kier molecular flexibility index (Phi) is 3.56. The summed E-state index contributed by atoms with van der Waals surface area (Å²) in [5.41, 5.74) is -0.339. The zero-order chi connectivity index (χ0) is 11.6. The zero-order valence-corrected chi connectivity index (χ0v) is 10.4. The van der Waals surface area contributed by atoms with Crippen LogP contribution in [0.2, 0.25) is 0 Å². The van der Waals surface area contributed by atoms with Gasteiger partial charge in [-0.1, -0.05) is 39.0 Å². The predicted molar refractivity (Wildman–Crippen MR) is 64.3 cm³/mol. The molecule has 16 heavy (non-hydrogen) atoms. The summed E-state index contributed by atoms with van der Waals surface area (Å²) in [6, 6.07) is 0. The number of rotatable bonds is 3. The third-order valence-electron chi connectivity index (χ3n) is 5.06. The molecule has 0 amide bonds. The Hall–Kier alpha value is -0.530. The minimum Gasteiger partial charge on any atom is -0.481 e. The molecule has 0 aromatic carbocycles. The van der Waals surface area contributed by atoms with Crippen molar-refractivity contribution in [1.82, 2.24) is 0 Å². The molecular weight excluding hydrogens is 200 g/mol. The summed E-state index contributed by atoms with van der Waals surface area (Å²) >= 11 is 0. The molecule has 0 spiro atoms. The third-order valence-corrected chi connectivity index (χ3v) is 5.06. The first kappa shape index (κ1) is 11.9. The molecule has 2 saturated carbocycles. The highest BCUT2D eigenvalue weighted by atomic mass is 16.4. The van der Waals surface area contributed by atoms with Gasteiger partial charge in [0.15, 0.2) is 0 Å². The van der Waals surface area contributed by atoms with E-state index >= 15 is 0 Å². The Morgan fingerprint density at radius 3 is 2.50 bits per heavy atom. The molecule has 2 aliphatic rings. The van der Waals surface area contributed by atoms with E-state index in [2.05, 4.69) is 6.92 Å². The highest BCUT2D eigenvalue weighted by molar-refractivity contribution is 5.75. The summed E-state index contributed by atoms with van der Waals surface area (Å²) in [5.74, 6) is 0.744. The number of hydrogen-bond donors (Lipinski definition) is 1. The van der Waals surface area contributed by atoms with Gasteiger partial charge in [0.25, 0.3) is 0 Å². The smallest absolute Gasteiger partial charge is 0.309 e. The minimum atomic E-state index is -0.508. The van der Waals surface area contributed by atoms with Crippen LogP contribution in [0.1, 0.15) is 64.7 Å². The topological polar surface area (TPSA) is 37.3 Å². The standard InChI is InChI=1S/C14H24O2/c1-2-11-6-5-7-12(10-11)14(13(15)16)8-3-4-9-14/h11-12H,2-10H2,1H3,(H,15,16). The van der Waals surface area contributed by atoms with Crippen molar-refractivity contribution in [3.8, 4) is 0 Å². The second kappa shape index (κ2) is 4.77. The zero-order valence-electron chi connectivity index (χ0n) is 10.4. The van der Waals surface area contributed by atoms with Crippen LogP contribution >= 0.6 is 0 Å². The lowest BCUT2D eigenvalue weighted by Crippen LogP contribution is -2.38. The van der Waals surface area contributed by atoms with Gasteiger partial charge in [0, 0.05) is 0 Å². The van der Waals surface area contributed by atoms with Crippen molar-refractivity contribution in [3.05, 3.63) is 0 Å². The third kappa shape index (κ3) is 1.99. The van der Waals surface area contributed by atoms with Crippen LogP contribution in [0.25, 0.3) is 0 Å². The van der Waals surface area contributed by atoms with Crippen molar-refractivity contribution < 1.29 is 9.90 Å². The molecule has 92 valence electrons. The van der Waals surface area contributed by atoms with Crippen molar-refractivity contribution in [2.45, 2.75) is 64.7 Å². The predicted octanol–water partition coefficient (Wildman–Crippen LogP) is 3.85. The maximum atomic E-state index is 11.6. The van der Waals surface area contributed by atoms with Gasteiger partial charge in [-0.3, -0.25) is 4.79 Å². The molecule has 1 N–H and O–H groups in total. The molecule has 2 atom stereocenters. The van der Waals surface area contributed by atoms with Gasteiger partial charge in [-0.15, -0.1) is 0 Å². The first-order valence-corrected chi connectivity index (χ1v) is 6.92. The fourth-order valence-electron chi connectivity index (χ4n) is 3.97. The number of hydrogen-bond acceptors (Lipinski definition) is 1. The van der Waals surface area contributed by atoms with Gasteiger partial charge < -0.3 is 5.11 Å². The van der Waals surface area contributed by atoms with E-state index in [9.17, 15) is 9.90 Å². The number of carboxylic acids is 1. The highest BCUT2D eigenvalue weighted by Gasteiger charge is 2.48. The maximum absolute atomic E-state index is 11.6. The summed E-state index contributed by atoms with van der Waals surface area (Å²) < 4.78 is 0. The van der Waals surface area contributed by atoms with Crippen LogP contribution in [-0.4, -0.2) is 11.1 Å². The number of carboxylic acid groups (broad SMARTS) is 1. The van der Waals surface area contributed by atoms with Crippen molar-refractivity contribution in [3.63, 3.8) is 0 Å². The molecule has 2 nitrogen and oxygen atoms in total. The lowest BCUT2D eigenvalue weighted by atomic mass is 9.65. The van der Waals surface area contributed by atoms with Crippen LogP contribution < -0.4 is 0 Å². The van der Waals surface area contributed by atoms with Crippen molar-refractivity contribution in [2.24, 2.45) is 17.3 Å². The first-order valence-electron chi connectivity index (χ1n) is 6.92. The van der Waals surface area contributed by atoms with Gasteiger partial charge in [0.2, 0.25) is 0 Å². The van der Waals surface area contributed by atoms with Crippen molar-refractivity contribution in [1.29, 1.82) is 0 Å². The van der Waals surface area contributed by atoms with E-state index in [0.717, 1.165) is 38.0 Å². The second-order valence-corrected chi connectivity index (χ2v) is 5.81. The average Bonchev–Trinajstić information content (AvgIpc) is 2.79. The largest absolute Gasteiger partial charge is 0.481 e. The molecule has 0 heterocycles. The normalized spacial score (nSPS) is 33.8. The molecule has 2 heteroatoms. The van der Waals surface area contributed by atoms with Gasteiger partial charge >= 0.3 is 5.97 Å². The minimum absolute atomic E-state index is 0.339. The van der Waals surface area contributed by atoms with Gasteiger partial charge in [0.05, 0.1) is 5.41 Å². The average molecular weight is 224 g/mol. The Morgan fingerprint density at radius 1 is 1.25 bits per heavy atom. The second-order valence-electron chi connectivity index (χ2n) is 5.81. The molecule has 2 aliphatic carbocycles. The highest BCUT2D eigenvalue weighted by Crippen LogP contribution is 2.51. The van der Waals surface area contributed by atoms with Crippen molar-refractivity contribution in [2.75, 3.05) is 0 Å². The lowest BCUT2D eigenvalue weighted by molar-refractivity contribution is -0.153. The van der Waals surface area contributed by atoms with Crippen LogP contribution in [0.4, 0.5) is 0 Å². The van der Waals surface area contributed by atoms with Crippen LogP contribution in [0, 0.1) is 17.3 Å². The van der Waals surface area contributed by atoms with Crippen LogP contribution in [0.3, 0.4) is 0 Å². The molecule has 0 aromatic rings. The Balaban J connectivity index is 2.11. The molecule has 2 fully saturated rings. The van der Waals surface area contributed by atoms with E-state index in [1.54, 1.807) is 0 Å². The van der Waals surface area contributed by atoms with E-state index in [1.165, 1.54) is 25.7 Å². The van der Waals surface area contributed by atoms with E-state index in [0.29, 0.717) is 5.92 Å². The molecule has 2 unspecified atom stereocenters. The molecule has 0 aromatic heterocycles. The molecular formula is C14H24O2. The monoisotopic (exact) mass is 224 g/mol. The van der Waals surface area contributed by atoms with Crippen molar-refractivity contribution >= 4 is 5.97 Å². The summed E-state index contributed by atoms with van der Waals surface area (Å²) in [6.07, 6.45) is 10.2. The van der Waals surface area contributed by atoms with Gasteiger partial charge in [-0.05, 0) is 37.5 Å². The fraction of sp³-hybridized carbons (Fsp3) is 0.929. The van der Waals surface area contributed by atoms with Crippen LogP contribution in [-0.2, 0) is 4.79 Å². The molecule has 0 saturated heterocycles. The lowest BCUT2D eigenvalue weighted by Gasteiger charge is -2.39. The fourth-order valence-corrected chi connectivity index (χ4v) is 3.97. The number of aliphatic carboxylic acids is 1. The Morgan fingerprint density at radius 2 is 1.94 bits per heavy atom. The maximum Gasteiger partial charge on any atom is 0.309 e. The Bertz CT molecular complexity index is 253. The summed E-state index contributed by atoms with van der Waals surface area (Å²) in [6.45, 7) is 2.25. The first-order chi connectivity index (χ1) is 7.69. The van der Waals surface area contributed by atoms with E-state index in [1.807, 2.05) is 0 Å². The van der Waals surface area contributed by atoms with Crippen LogP contribution in [0.5, 0.6) is 0 Å². The van der Waals surface area contributed by atoms with E-state index in [-0.39, 0.29) is 5.41 Å². The SMILES string of the molecule is CCC1CCCC(C2(C(=O)O)CCCC2)C1. The van der Waals surface area contributed by atoms with Gasteiger partial charge in [-0.25, -0.2) is 0 Å². The Labute approximate surface area is 98.4 Å². The molecule has 0 radical (unpaired) electrons. The summed E-state index contributed by atoms with van der Waals surface area (Å²) in [5, 5.41) is 9.57. The van der Waals surface area contributed by atoms with Gasteiger partial charge in [-0.2, -0.15) is 0 Å². The summed E-state index contributed by atoms with van der Waals surface area (Å²) in [7, 11) is 0. The van der Waals surface area contributed by atoms with Crippen LogP contribution in [0.15, 0.2) is 0 Å². The quantitative estimate of drug-likeness (QED) is 0.790. The summed E-state index contributed by atoms with van der Waals surface area (Å²) in [4.78, 5) is 11.6. The molecule has 0 aliphatic heterocycles. The molecule has 2 rings (SSSR count). The molecule has 0 bridgehead atoms. The number of carbonyl (C=O) groups is 1. The van der Waals surface area contributed by atoms with Gasteiger partial charge in [0.1, 0.15) is 0 Å². The van der Waals surface area contributed by atoms with E-state index < -0.39 is 5.97 Å².